The first-order valence-corrected chi connectivity index (χ1v) is 11.2. The molecule has 4 rings (SSSR count). The van der Waals surface area contributed by atoms with E-state index in [1.807, 2.05) is 13.8 Å². The first-order chi connectivity index (χ1) is 15.7. The highest BCUT2D eigenvalue weighted by atomic mass is 35.5. The molecular weight excluding hydrogens is 459 g/mol. The van der Waals surface area contributed by atoms with E-state index in [9.17, 15) is 18.0 Å². The van der Waals surface area contributed by atoms with Crippen LogP contribution in [0.25, 0.3) is 0 Å². The molecule has 2 aliphatic heterocycles. The van der Waals surface area contributed by atoms with Gasteiger partial charge in [0.2, 0.25) is 5.28 Å². The van der Waals surface area contributed by atoms with E-state index in [0.717, 1.165) is 11.6 Å². The van der Waals surface area contributed by atoms with Crippen molar-refractivity contribution in [1.29, 1.82) is 0 Å². The maximum atomic E-state index is 13.2. The van der Waals surface area contributed by atoms with E-state index in [2.05, 4.69) is 15.3 Å². The molecule has 1 aromatic carbocycles. The van der Waals surface area contributed by atoms with Gasteiger partial charge in [0, 0.05) is 25.2 Å². The maximum absolute atomic E-state index is 13.2. The number of anilines is 1. The molecule has 0 atom stereocenters. The molecular formula is C22H27ClF3N5O2. The maximum Gasteiger partial charge on any atom is 0.416 e. The molecule has 0 spiro atoms. The molecule has 11 heteroatoms. The van der Waals surface area contributed by atoms with Crippen molar-refractivity contribution >= 4 is 23.4 Å². The number of alkyl halides is 3. The number of morpholine rings is 1. The third-order valence-corrected chi connectivity index (χ3v) is 5.67. The molecule has 7 nitrogen and oxygen atoms in total. The van der Waals surface area contributed by atoms with Crippen molar-refractivity contribution in [1.82, 2.24) is 19.8 Å². The van der Waals surface area contributed by atoms with Crippen LogP contribution in [-0.4, -0.2) is 52.1 Å². The fourth-order valence-electron chi connectivity index (χ4n) is 3.82. The number of amides is 2. The summed E-state index contributed by atoms with van der Waals surface area (Å²) in [5.41, 5.74) is 1.33. The lowest BCUT2D eigenvalue weighted by atomic mass is 10.0. The van der Waals surface area contributed by atoms with Crippen LogP contribution < -0.4 is 5.32 Å². The van der Waals surface area contributed by atoms with Gasteiger partial charge in [0.1, 0.15) is 5.82 Å². The quantitative estimate of drug-likeness (QED) is 0.628. The Kier molecular flexibility index (Phi) is 8.01. The molecule has 1 aromatic heterocycles. The predicted molar refractivity (Wildman–Crippen MR) is 119 cm³/mol. The predicted octanol–water partition coefficient (Wildman–Crippen LogP) is 4.86. The fourth-order valence-corrected chi connectivity index (χ4v) is 4.01. The number of carbonyl (C=O) groups excluding carboxylic acids is 1. The van der Waals surface area contributed by atoms with Crippen molar-refractivity contribution in [2.75, 3.05) is 31.6 Å². The molecule has 180 valence electrons. The van der Waals surface area contributed by atoms with E-state index in [4.69, 9.17) is 16.3 Å². The molecule has 2 aromatic rings. The molecule has 0 radical (unpaired) electrons. The van der Waals surface area contributed by atoms with Crippen LogP contribution in [0.5, 0.6) is 0 Å². The van der Waals surface area contributed by atoms with Crippen LogP contribution >= 0.6 is 11.6 Å². The summed E-state index contributed by atoms with van der Waals surface area (Å²) in [6.45, 7) is 8.23. The number of fused-ring (bicyclic) bond motifs is 1. The van der Waals surface area contributed by atoms with Gasteiger partial charge in [-0.05, 0) is 35.7 Å². The highest BCUT2D eigenvalue weighted by molar-refractivity contribution is 6.28. The summed E-state index contributed by atoms with van der Waals surface area (Å²) in [4.78, 5) is 24.6. The summed E-state index contributed by atoms with van der Waals surface area (Å²) in [6.07, 6.45) is -4.42. The van der Waals surface area contributed by atoms with Crippen LogP contribution in [0.1, 0.15) is 41.8 Å². The zero-order valence-electron chi connectivity index (χ0n) is 18.8. The standard InChI is InChI=1S/C20H21ClF3N5O2.C2H6/c1-12-13(3-2-4-15(12)20(22,23)24)9-25-17-14-10-29(11-16(14)26-18(21)27-17)19(30)28-5-7-31-8-6-28;1-2/h2-4H,5-11H2,1H3,(H,25,26,27);1-2H3. The normalized spacial score (nSPS) is 15.6. The third kappa shape index (κ3) is 5.67. The third-order valence-electron chi connectivity index (χ3n) is 5.50. The van der Waals surface area contributed by atoms with Gasteiger partial charge in [-0.2, -0.15) is 13.2 Å². The van der Waals surface area contributed by atoms with Gasteiger partial charge in [0.25, 0.3) is 0 Å². The molecule has 2 aliphatic rings. The fraction of sp³-hybridized carbons (Fsp3) is 0.500. The van der Waals surface area contributed by atoms with Gasteiger partial charge in [0.15, 0.2) is 0 Å². The molecule has 3 heterocycles. The Morgan fingerprint density at radius 3 is 2.52 bits per heavy atom. The lowest BCUT2D eigenvalue weighted by Crippen LogP contribution is -2.46. The molecule has 1 saturated heterocycles. The molecule has 0 bridgehead atoms. The van der Waals surface area contributed by atoms with Gasteiger partial charge in [-0.25, -0.2) is 14.8 Å². The number of urea groups is 1. The minimum absolute atomic E-state index is 0.0164. The van der Waals surface area contributed by atoms with Gasteiger partial charge in [-0.1, -0.05) is 26.0 Å². The zero-order valence-corrected chi connectivity index (χ0v) is 19.6. The minimum Gasteiger partial charge on any atom is -0.378 e. The van der Waals surface area contributed by atoms with E-state index >= 15 is 0 Å². The van der Waals surface area contributed by atoms with Crippen LogP contribution in [-0.2, 0) is 30.5 Å². The van der Waals surface area contributed by atoms with Crippen molar-refractivity contribution in [2.24, 2.45) is 0 Å². The van der Waals surface area contributed by atoms with Crippen molar-refractivity contribution in [3.63, 3.8) is 0 Å². The van der Waals surface area contributed by atoms with Gasteiger partial charge in [-0.3, -0.25) is 0 Å². The summed E-state index contributed by atoms with van der Waals surface area (Å²) in [5, 5.41) is 3.10. The second kappa shape index (κ2) is 10.6. The van der Waals surface area contributed by atoms with E-state index < -0.39 is 11.7 Å². The molecule has 0 unspecified atom stereocenters. The first-order valence-electron chi connectivity index (χ1n) is 10.8. The average molecular weight is 486 g/mol. The Morgan fingerprint density at radius 2 is 1.85 bits per heavy atom. The number of aromatic nitrogens is 2. The van der Waals surface area contributed by atoms with Crippen LogP contribution in [0.15, 0.2) is 18.2 Å². The number of ether oxygens (including phenoxy) is 1. The van der Waals surface area contributed by atoms with Crippen molar-refractivity contribution in [3.05, 3.63) is 51.4 Å². The number of hydrogen-bond donors (Lipinski definition) is 1. The van der Waals surface area contributed by atoms with Crippen LogP contribution in [0.2, 0.25) is 5.28 Å². The highest BCUT2D eigenvalue weighted by Crippen LogP contribution is 2.34. The number of nitrogens with zero attached hydrogens (tertiary/aromatic N) is 4. The number of benzene rings is 1. The van der Waals surface area contributed by atoms with Crippen LogP contribution in [0, 0.1) is 6.92 Å². The zero-order chi connectivity index (χ0) is 24.2. The number of rotatable bonds is 3. The lowest BCUT2D eigenvalue weighted by molar-refractivity contribution is -0.138. The molecule has 1 N–H and O–H groups in total. The molecule has 2 amide bonds. The van der Waals surface area contributed by atoms with Crippen LogP contribution in [0.3, 0.4) is 0 Å². The molecule has 33 heavy (non-hydrogen) atoms. The van der Waals surface area contributed by atoms with Gasteiger partial charge < -0.3 is 19.9 Å². The molecule has 0 saturated carbocycles. The summed E-state index contributed by atoms with van der Waals surface area (Å²) >= 11 is 6.06. The first kappa shape index (κ1) is 25.0. The van der Waals surface area contributed by atoms with E-state index in [1.54, 1.807) is 15.9 Å². The summed E-state index contributed by atoms with van der Waals surface area (Å²) in [6, 6.07) is 3.96. The average Bonchev–Trinajstić information content (AvgIpc) is 3.23. The Hall–Kier alpha value is -2.59. The SMILES string of the molecule is CC.Cc1c(CNc2nc(Cl)nc3c2CN(C(=O)N2CCOCC2)C3)cccc1C(F)(F)F. The Morgan fingerprint density at radius 1 is 1.15 bits per heavy atom. The number of nitrogens with one attached hydrogen (secondary N) is 1. The monoisotopic (exact) mass is 485 g/mol. The Bertz CT molecular complexity index is 997. The number of hydrogen-bond acceptors (Lipinski definition) is 5. The van der Waals surface area contributed by atoms with Gasteiger partial charge in [-0.15, -0.1) is 0 Å². The van der Waals surface area contributed by atoms with Crippen molar-refractivity contribution < 1.29 is 22.7 Å². The summed E-state index contributed by atoms with van der Waals surface area (Å²) in [5.74, 6) is 0.420. The topological polar surface area (TPSA) is 70.6 Å². The van der Waals surface area contributed by atoms with E-state index in [0.29, 0.717) is 56.5 Å². The smallest absolute Gasteiger partial charge is 0.378 e. The van der Waals surface area contributed by atoms with Gasteiger partial charge >= 0.3 is 12.2 Å². The molecule has 1 fully saturated rings. The Labute approximate surface area is 195 Å². The Balaban J connectivity index is 0.00000149. The molecule has 0 aliphatic carbocycles. The number of halogens is 4. The van der Waals surface area contributed by atoms with Crippen LogP contribution in [0.4, 0.5) is 23.8 Å². The van der Waals surface area contributed by atoms with Crippen molar-refractivity contribution in [2.45, 2.75) is 46.6 Å². The summed E-state index contributed by atoms with van der Waals surface area (Å²) < 4.78 is 44.9. The van der Waals surface area contributed by atoms with E-state index in [-0.39, 0.29) is 23.4 Å². The lowest BCUT2D eigenvalue weighted by Gasteiger charge is -2.30. The minimum atomic E-state index is -4.42. The highest BCUT2D eigenvalue weighted by Gasteiger charge is 2.33. The summed E-state index contributed by atoms with van der Waals surface area (Å²) in [7, 11) is 0. The second-order valence-corrected chi connectivity index (χ2v) is 7.78. The van der Waals surface area contributed by atoms with Crippen molar-refractivity contribution in [3.8, 4) is 0 Å². The second-order valence-electron chi connectivity index (χ2n) is 7.45. The van der Waals surface area contributed by atoms with E-state index in [1.165, 1.54) is 13.0 Å². The van der Waals surface area contributed by atoms with Gasteiger partial charge in [0.05, 0.1) is 37.6 Å². The number of carbonyl (C=O) groups is 1. The largest absolute Gasteiger partial charge is 0.416 e.